The maximum atomic E-state index is 12.3. The summed E-state index contributed by atoms with van der Waals surface area (Å²) in [4.78, 5) is 26.3. The number of benzene rings is 1. The van der Waals surface area contributed by atoms with Crippen LogP contribution in [0.1, 0.15) is 45.1 Å². The van der Waals surface area contributed by atoms with E-state index in [1.54, 1.807) is 24.3 Å². The monoisotopic (exact) mass is 421 g/mol. The van der Waals surface area contributed by atoms with Gasteiger partial charge in [-0.3, -0.25) is 9.59 Å². The molecule has 0 bridgehead atoms. The van der Waals surface area contributed by atoms with E-state index in [0.29, 0.717) is 37.3 Å². The molecular weight excluding hydrogens is 394 g/mol. The van der Waals surface area contributed by atoms with Gasteiger partial charge in [0.2, 0.25) is 0 Å². The highest BCUT2D eigenvalue weighted by atomic mass is 32.2. The van der Waals surface area contributed by atoms with Gasteiger partial charge in [0.1, 0.15) is 4.90 Å². The lowest BCUT2D eigenvalue weighted by atomic mass is 9.96. The van der Waals surface area contributed by atoms with Gasteiger partial charge in [-0.25, -0.2) is 0 Å². The molecule has 8 nitrogen and oxygen atoms in total. The molecule has 1 aromatic carbocycles. The van der Waals surface area contributed by atoms with Crippen molar-refractivity contribution in [2.75, 3.05) is 19.7 Å². The molecule has 0 aliphatic carbocycles. The Kier molecular flexibility index (Phi) is 6.56. The minimum atomic E-state index is -3.66. The van der Waals surface area contributed by atoms with E-state index in [9.17, 15) is 18.0 Å². The van der Waals surface area contributed by atoms with Crippen molar-refractivity contribution in [2.45, 2.75) is 50.5 Å². The zero-order chi connectivity index (χ0) is 21.0. The second-order valence-electron chi connectivity index (χ2n) is 7.51. The molecule has 3 rings (SSSR count). The maximum absolute atomic E-state index is 12.3. The molecule has 1 atom stereocenters. The molecule has 29 heavy (non-hydrogen) atoms. The van der Waals surface area contributed by atoms with Crippen molar-refractivity contribution in [1.82, 2.24) is 10.2 Å². The number of carbonyl (C=O) groups excluding carboxylic acids is 2. The van der Waals surface area contributed by atoms with E-state index < -0.39 is 10.0 Å². The van der Waals surface area contributed by atoms with E-state index in [2.05, 4.69) is 9.71 Å². The first-order valence-electron chi connectivity index (χ1n) is 9.97. The average molecular weight is 422 g/mol. The van der Waals surface area contributed by atoms with Crippen LogP contribution in [0.15, 0.2) is 33.6 Å². The van der Waals surface area contributed by atoms with Crippen molar-refractivity contribution in [1.29, 1.82) is 0 Å². The van der Waals surface area contributed by atoms with Crippen molar-refractivity contribution in [3.63, 3.8) is 0 Å². The number of nitrogens with zero attached hydrogens (tertiary/aromatic N) is 2. The standard InChI is InChI=1S/C20H27N3O5S/c1-3-6-14(2)21-18(24)13-28-20(25)15-9-11-23(12-10-15)19-16-7-4-5-8-17(16)29(26,27)22-19/h4-5,7-8,14-15H,3,6,9-13H2,1-2H3,(H,21,24)/t14-/m1/s1. The molecule has 2 aliphatic heterocycles. The Morgan fingerprint density at radius 1 is 1.28 bits per heavy atom. The zero-order valence-corrected chi connectivity index (χ0v) is 17.6. The van der Waals surface area contributed by atoms with Crippen LogP contribution < -0.4 is 5.32 Å². The van der Waals surface area contributed by atoms with Gasteiger partial charge in [-0.05, 0) is 38.3 Å². The van der Waals surface area contributed by atoms with E-state index in [1.165, 1.54) is 0 Å². The fourth-order valence-corrected chi connectivity index (χ4v) is 4.95. The normalized spacial score (nSPS) is 19.2. The number of fused-ring (bicyclic) bond motifs is 1. The largest absolute Gasteiger partial charge is 0.455 e. The predicted molar refractivity (Wildman–Crippen MR) is 108 cm³/mol. The number of amides is 1. The minimum Gasteiger partial charge on any atom is -0.455 e. The number of ether oxygens (including phenoxy) is 1. The summed E-state index contributed by atoms with van der Waals surface area (Å²) in [6.07, 6.45) is 2.89. The zero-order valence-electron chi connectivity index (χ0n) is 16.8. The summed E-state index contributed by atoms with van der Waals surface area (Å²) < 4.78 is 33.5. The first-order chi connectivity index (χ1) is 13.8. The number of hydrogen-bond donors (Lipinski definition) is 1. The van der Waals surface area contributed by atoms with Crippen molar-refractivity contribution in [3.8, 4) is 0 Å². The molecule has 1 amide bonds. The molecule has 0 unspecified atom stereocenters. The second-order valence-corrected chi connectivity index (χ2v) is 9.08. The fraction of sp³-hybridized carbons (Fsp3) is 0.550. The third kappa shape index (κ3) is 4.95. The Bertz CT molecular complexity index is 904. The first-order valence-corrected chi connectivity index (χ1v) is 11.4. The lowest BCUT2D eigenvalue weighted by Crippen LogP contribution is -2.41. The Morgan fingerprint density at radius 3 is 2.66 bits per heavy atom. The van der Waals surface area contributed by atoms with Crippen LogP contribution in [0.5, 0.6) is 0 Å². The lowest BCUT2D eigenvalue weighted by Gasteiger charge is -2.32. The summed E-state index contributed by atoms with van der Waals surface area (Å²) in [5.74, 6) is -0.541. The summed E-state index contributed by atoms with van der Waals surface area (Å²) in [5, 5.41) is 2.80. The third-order valence-electron chi connectivity index (χ3n) is 5.21. The molecule has 0 aromatic heterocycles. The van der Waals surface area contributed by atoms with E-state index in [0.717, 1.165) is 12.8 Å². The van der Waals surface area contributed by atoms with Gasteiger partial charge < -0.3 is 15.0 Å². The number of carbonyl (C=O) groups is 2. The SMILES string of the molecule is CCC[C@@H](C)NC(=O)COC(=O)C1CCN(C2=NS(=O)(=O)c3ccccc32)CC1. The smallest absolute Gasteiger partial charge is 0.309 e. The molecule has 9 heteroatoms. The number of hydrogen-bond acceptors (Lipinski definition) is 6. The number of esters is 1. The fourth-order valence-electron chi connectivity index (χ4n) is 3.72. The van der Waals surface area contributed by atoms with Crippen LogP contribution in [0.25, 0.3) is 0 Å². The van der Waals surface area contributed by atoms with Crippen LogP contribution >= 0.6 is 0 Å². The van der Waals surface area contributed by atoms with Crippen molar-refractivity contribution in [3.05, 3.63) is 29.8 Å². The molecule has 2 aliphatic rings. The van der Waals surface area contributed by atoms with Gasteiger partial charge in [0, 0.05) is 24.7 Å². The summed E-state index contributed by atoms with van der Waals surface area (Å²) >= 11 is 0. The molecule has 158 valence electrons. The van der Waals surface area contributed by atoms with E-state index in [1.807, 2.05) is 18.7 Å². The van der Waals surface area contributed by atoms with Crippen molar-refractivity contribution >= 4 is 27.7 Å². The molecule has 1 saturated heterocycles. The molecule has 1 N–H and O–H groups in total. The molecule has 1 aromatic rings. The second kappa shape index (κ2) is 8.94. The number of likely N-dealkylation sites (tertiary alicyclic amines) is 1. The number of nitrogens with one attached hydrogen (secondary N) is 1. The molecule has 0 spiro atoms. The van der Waals surface area contributed by atoms with Crippen molar-refractivity contribution in [2.24, 2.45) is 10.3 Å². The van der Waals surface area contributed by atoms with Gasteiger partial charge in [-0.15, -0.1) is 4.40 Å². The number of piperidine rings is 1. The Hall–Kier alpha value is -2.42. The van der Waals surface area contributed by atoms with E-state index in [4.69, 9.17) is 4.74 Å². The number of amidine groups is 1. The van der Waals surface area contributed by atoms with Gasteiger partial charge in [-0.2, -0.15) is 8.42 Å². The molecule has 0 radical (unpaired) electrons. The quantitative estimate of drug-likeness (QED) is 0.701. The number of sulfonamides is 1. The highest BCUT2D eigenvalue weighted by molar-refractivity contribution is 7.90. The molecular formula is C20H27N3O5S. The minimum absolute atomic E-state index is 0.0563. The highest BCUT2D eigenvalue weighted by Gasteiger charge is 2.34. The summed E-state index contributed by atoms with van der Waals surface area (Å²) in [6.45, 7) is 4.69. The van der Waals surface area contributed by atoms with Crippen LogP contribution in [0, 0.1) is 5.92 Å². The van der Waals surface area contributed by atoms with Gasteiger partial charge in [0.05, 0.1) is 5.92 Å². The molecule has 1 fully saturated rings. The molecule has 2 heterocycles. The Balaban J connectivity index is 1.51. The van der Waals surface area contributed by atoms with Crippen molar-refractivity contribution < 1.29 is 22.7 Å². The Morgan fingerprint density at radius 2 is 1.97 bits per heavy atom. The summed E-state index contributed by atoms with van der Waals surface area (Å²) in [6, 6.07) is 6.82. The summed E-state index contributed by atoms with van der Waals surface area (Å²) in [5.41, 5.74) is 0.603. The first kappa shape index (κ1) is 21.3. The van der Waals surface area contributed by atoms with Gasteiger partial charge in [0.25, 0.3) is 15.9 Å². The van der Waals surface area contributed by atoms with Crippen LogP contribution in [0.4, 0.5) is 0 Å². The van der Waals surface area contributed by atoms with Crippen LogP contribution in [0.3, 0.4) is 0 Å². The maximum Gasteiger partial charge on any atom is 0.309 e. The number of rotatable bonds is 6. The van der Waals surface area contributed by atoms with E-state index >= 15 is 0 Å². The average Bonchev–Trinajstić information content (AvgIpc) is 2.98. The third-order valence-corrected chi connectivity index (χ3v) is 6.54. The van der Waals surface area contributed by atoms with Crippen LogP contribution in [-0.4, -0.2) is 56.8 Å². The lowest BCUT2D eigenvalue weighted by molar-refractivity contribution is -0.153. The molecule has 0 saturated carbocycles. The predicted octanol–water partition coefficient (Wildman–Crippen LogP) is 1.70. The van der Waals surface area contributed by atoms with Crippen LogP contribution in [-0.2, 0) is 24.3 Å². The topological polar surface area (TPSA) is 105 Å². The Labute approximate surface area is 171 Å². The van der Waals surface area contributed by atoms with Crippen LogP contribution in [0.2, 0.25) is 0 Å². The van der Waals surface area contributed by atoms with E-state index in [-0.39, 0.29) is 35.3 Å². The van der Waals surface area contributed by atoms with Gasteiger partial charge in [0.15, 0.2) is 12.4 Å². The van der Waals surface area contributed by atoms with Gasteiger partial charge >= 0.3 is 5.97 Å². The summed E-state index contributed by atoms with van der Waals surface area (Å²) in [7, 11) is -3.66. The highest BCUT2D eigenvalue weighted by Crippen LogP contribution is 2.29. The van der Waals surface area contributed by atoms with Gasteiger partial charge in [-0.1, -0.05) is 25.5 Å².